The molecule has 9 nitrogen and oxygen atoms in total. The van der Waals surface area contributed by atoms with Crippen LogP contribution in [-0.2, 0) is 22.5 Å². The van der Waals surface area contributed by atoms with E-state index in [1.165, 1.54) is 19.2 Å². The average Bonchev–Trinajstić information content (AvgIpc) is 3.40. The second kappa shape index (κ2) is 11.0. The van der Waals surface area contributed by atoms with Crippen LogP contribution in [0.3, 0.4) is 0 Å². The Labute approximate surface area is 199 Å². The first-order valence-corrected chi connectivity index (χ1v) is 11.8. The Morgan fingerprint density at radius 3 is 2.64 bits per heavy atom. The smallest absolute Gasteiger partial charge is 0.232 e. The monoisotopic (exact) mass is 474 g/mol. The number of hydrogen-bond acceptors (Lipinski definition) is 8. The van der Waals surface area contributed by atoms with Gasteiger partial charge in [-0.25, -0.2) is 15.0 Å². The number of carbonyl (C=O) groups is 1. The van der Waals surface area contributed by atoms with Crippen molar-refractivity contribution in [3.05, 3.63) is 34.9 Å². The van der Waals surface area contributed by atoms with Crippen molar-refractivity contribution in [2.24, 2.45) is 5.92 Å². The van der Waals surface area contributed by atoms with Crippen molar-refractivity contribution in [1.29, 1.82) is 0 Å². The first-order valence-electron chi connectivity index (χ1n) is 11.5. The van der Waals surface area contributed by atoms with Gasteiger partial charge in [-0.3, -0.25) is 4.79 Å². The normalized spacial score (nSPS) is 18.4. The zero-order valence-electron chi connectivity index (χ0n) is 19.0. The Kier molecular flexibility index (Phi) is 7.82. The molecule has 10 heteroatoms. The average molecular weight is 475 g/mol. The van der Waals surface area contributed by atoms with Crippen LogP contribution >= 0.6 is 11.6 Å². The summed E-state index contributed by atoms with van der Waals surface area (Å²) in [6.45, 7) is 5.00. The lowest BCUT2D eigenvalue weighted by atomic mass is 9.99. The second-order valence-electron chi connectivity index (χ2n) is 8.46. The molecule has 0 saturated carbocycles. The summed E-state index contributed by atoms with van der Waals surface area (Å²) >= 11 is 6.12. The minimum Gasteiger partial charge on any atom is -0.480 e. The van der Waals surface area contributed by atoms with Crippen LogP contribution in [0.1, 0.15) is 36.9 Å². The Morgan fingerprint density at radius 1 is 1.18 bits per heavy atom. The molecule has 2 aromatic rings. The third kappa shape index (κ3) is 5.65. The molecule has 3 aliphatic heterocycles. The van der Waals surface area contributed by atoms with E-state index in [0.29, 0.717) is 29.2 Å². The Bertz CT molecular complexity index is 963. The van der Waals surface area contributed by atoms with Gasteiger partial charge in [-0.15, -0.1) is 0 Å². The third-order valence-corrected chi connectivity index (χ3v) is 6.65. The molecule has 0 spiro atoms. The van der Waals surface area contributed by atoms with Crippen molar-refractivity contribution in [1.82, 2.24) is 19.9 Å². The van der Waals surface area contributed by atoms with E-state index in [4.69, 9.17) is 26.8 Å². The van der Waals surface area contributed by atoms with E-state index in [2.05, 4.69) is 19.9 Å². The fourth-order valence-electron chi connectivity index (χ4n) is 4.46. The molecule has 2 aromatic heterocycles. The van der Waals surface area contributed by atoms with Gasteiger partial charge in [0, 0.05) is 57.3 Å². The van der Waals surface area contributed by atoms with Crippen LogP contribution in [0.4, 0.5) is 11.5 Å². The van der Waals surface area contributed by atoms with E-state index in [1.807, 2.05) is 11.0 Å². The molecule has 1 amide bonds. The summed E-state index contributed by atoms with van der Waals surface area (Å²) in [7, 11) is 1.54. The fourth-order valence-corrected chi connectivity index (χ4v) is 4.70. The van der Waals surface area contributed by atoms with Gasteiger partial charge in [0.15, 0.2) is 0 Å². The maximum atomic E-state index is 11.9. The maximum absolute atomic E-state index is 11.9. The number of pyridine rings is 1. The summed E-state index contributed by atoms with van der Waals surface area (Å²) in [6.07, 6.45) is 8.31. The van der Waals surface area contributed by atoms with Crippen LogP contribution in [0.15, 0.2) is 18.6 Å². The number of methoxy groups -OCH3 is 1. The molecule has 3 aliphatic rings. The summed E-state index contributed by atoms with van der Waals surface area (Å²) in [5.41, 5.74) is 8.85. The minimum atomic E-state index is 0.256. The summed E-state index contributed by atoms with van der Waals surface area (Å²) in [4.78, 5) is 28.6. The molecule has 178 valence electrons. The van der Waals surface area contributed by atoms with Crippen LogP contribution in [0.2, 0.25) is 5.02 Å². The van der Waals surface area contributed by atoms with Crippen LogP contribution < -0.4 is 15.4 Å². The first-order chi connectivity index (χ1) is 16.1. The molecule has 2 fully saturated rings. The van der Waals surface area contributed by atoms with E-state index in [9.17, 15) is 4.79 Å². The molecule has 2 N–H and O–H groups in total. The predicted molar refractivity (Wildman–Crippen MR) is 126 cm³/mol. The van der Waals surface area contributed by atoms with Crippen LogP contribution in [0.5, 0.6) is 5.88 Å². The quantitative estimate of drug-likeness (QED) is 0.723. The molecular weight excluding hydrogens is 444 g/mol. The molecule has 0 aromatic carbocycles. The molecule has 2 saturated heterocycles. The Balaban J connectivity index is 0.000000172. The number of anilines is 2. The Morgan fingerprint density at radius 2 is 1.94 bits per heavy atom. The number of hydrogen-bond donors (Lipinski definition) is 1. The van der Waals surface area contributed by atoms with Gasteiger partial charge in [0.1, 0.15) is 17.2 Å². The zero-order chi connectivity index (χ0) is 23.2. The zero-order valence-corrected chi connectivity index (χ0v) is 19.8. The highest BCUT2D eigenvalue weighted by molar-refractivity contribution is 6.32. The number of halogens is 1. The van der Waals surface area contributed by atoms with Crippen molar-refractivity contribution in [2.45, 2.75) is 38.6 Å². The largest absolute Gasteiger partial charge is 0.480 e. The van der Waals surface area contributed by atoms with Gasteiger partial charge in [-0.2, -0.15) is 0 Å². The Hall–Kier alpha value is -2.65. The highest BCUT2D eigenvalue weighted by atomic mass is 35.5. The molecule has 0 atom stereocenters. The van der Waals surface area contributed by atoms with E-state index >= 15 is 0 Å². The van der Waals surface area contributed by atoms with E-state index in [0.717, 1.165) is 69.1 Å². The number of nitrogens with zero attached hydrogens (tertiary/aromatic N) is 5. The highest BCUT2D eigenvalue weighted by Crippen LogP contribution is 2.30. The van der Waals surface area contributed by atoms with Gasteiger partial charge in [0.25, 0.3) is 0 Å². The lowest BCUT2D eigenvalue weighted by molar-refractivity contribution is -0.137. The molecule has 0 aliphatic carbocycles. The van der Waals surface area contributed by atoms with Crippen molar-refractivity contribution in [2.75, 3.05) is 50.6 Å². The topological polar surface area (TPSA) is 107 Å². The van der Waals surface area contributed by atoms with E-state index < -0.39 is 0 Å². The molecular formula is C23H31ClN6O3. The van der Waals surface area contributed by atoms with Crippen molar-refractivity contribution >= 4 is 29.0 Å². The standard InChI is InChI=1S/C13H14ClN5O.C10H17NO2/c1-20-13-10(14)4-8(5-16-13)19-3-2-11-9(6-19)12(15)18-7-17-11;12-10(11-5-1-2-6-11)9-3-7-13-8-4-9/h4-5,7H,2-3,6H2,1H3,(H2,15,17,18);9H,1-8H2. The number of fused-ring (bicyclic) bond motifs is 1. The maximum Gasteiger partial charge on any atom is 0.232 e. The summed E-state index contributed by atoms with van der Waals surface area (Å²) in [5, 5.41) is 0.494. The lowest BCUT2D eigenvalue weighted by Gasteiger charge is -2.30. The first kappa shape index (κ1) is 23.5. The molecule has 0 unspecified atom stereocenters. The predicted octanol–water partition coefficient (Wildman–Crippen LogP) is 2.71. The number of rotatable bonds is 3. The number of likely N-dealkylation sites (tertiary alicyclic amines) is 1. The van der Waals surface area contributed by atoms with Crippen molar-refractivity contribution in [3.8, 4) is 5.88 Å². The van der Waals surface area contributed by atoms with Gasteiger partial charge in [0.2, 0.25) is 11.8 Å². The summed E-state index contributed by atoms with van der Waals surface area (Å²) in [5.74, 6) is 1.59. The van der Waals surface area contributed by atoms with Crippen LogP contribution in [0, 0.1) is 5.92 Å². The second-order valence-corrected chi connectivity index (χ2v) is 8.87. The molecule has 0 bridgehead atoms. The molecule has 5 rings (SSSR count). The van der Waals surface area contributed by atoms with Gasteiger partial charge in [-0.05, 0) is 31.7 Å². The summed E-state index contributed by atoms with van der Waals surface area (Å²) < 4.78 is 10.3. The van der Waals surface area contributed by atoms with Gasteiger partial charge in [0.05, 0.1) is 24.7 Å². The number of aromatic nitrogens is 3. The van der Waals surface area contributed by atoms with E-state index in [-0.39, 0.29) is 5.92 Å². The van der Waals surface area contributed by atoms with Crippen molar-refractivity contribution < 1.29 is 14.3 Å². The molecule has 5 heterocycles. The van der Waals surface area contributed by atoms with Gasteiger partial charge in [-0.1, -0.05) is 11.6 Å². The SMILES string of the molecule is COc1ncc(N2CCc3ncnc(N)c3C2)cc1Cl.O=C(C1CCOCC1)N1CCCC1. The van der Waals surface area contributed by atoms with Crippen LogP contribution in [0.25, 0.3) is 0 Å². The number of ether oxygens (including phenoxy) is 2. The van der Waals surface area contributed by atoms with Crippen molar-refractivity contribution in [3.63, 3.8) is 0 Å². The number of amides is 1. The fraction of sp³-hybridized carbons (Fsp3) is 0.565. The third-order valence-electron chi connectivity index (χ3n) is 6.38. The van der Waals surface area contributed by atoms with E-state index in [1.54, 1.807) is 13.3 Å². The molecule has 33 heavy (non-hydrogen) atoms. The minimum absolute atomic E-state index is 0.256. The number of nitrogens with two attached hydrogens (primary N) is 1. The lowest BCUT2D eigenvalue weighted by Crippen LogP contribution is -2.36. The van der Waals surface area contributed by atoms with Gasteiger partial charge < -0.3 is 25.0 Å². The highest BCUT2D eigenvalue weighted by Gasteiger charge is 2.27. The number of nitrogen functional groups attached to an aromatic ring is 1. The number of carbonyl (C=O) groups excluding carboxylic acids is 1. The van der Waals surface area contributed by atoms with Crippen LogP contribution in [-0.4, -0.2) is 65.7 Å². The summed E-state index contributed by atoms with van der Waals surface area (Å²) in [6, 6.07) is 1.85. The molecule has 0 radical (unpaired) electrons. The van der Waals surface area contributed by atoms with Gasteiger partial charge >= 0.3 is 0 Å².